The van der Waals surface area contributed by atoms with E-state index in [0.717, 1.165) is 50.4 Å². The van der Waals surface area contributed by atoms with Gasteiger partial charge in [0, 0.05) is 69.7 Å². The lowest BCUT2D eigenvalue weighted by Gasteiger charge is -2.63. The lowest BCUT2D eigenvalue weighted by atomic mass is 9.59. The summed E-state index contributed by atoms with van der Waals surface area (Å²) in [6.45, 7) is 7.90. The third-order valence-electron chi connectivity index (χ3n) is 7.89. The molecule has 4 unspecified atom stereocenters. The Morgan fingerprint density at radius 3 is 2.29 bits per heavy atom. The van der Waals surface area contributed by atoms with Crippen LogP contribution in [0.25, 0.3) is 0 Å². The highest BCUT2D eigenvalue weighted by Gasteiger charge is 2.61. The number of nitro benzene ring substituents is 1. The number of rotatable bonds is 2. The van der Waals surface area contributed by atoms with Gasteiger partial charge in [-0.15, -0.1) is 0 Å². The third-order valence-corrected chi connectivity index (χ3v) is 7.89. The Balaban J connectivity index is 1.57. The zero-order valence-electron chi connectivity index (χ0n) is 17.6. The van der Waals surface area contributed by atoms with Crippen LogP contribution in [0.5, 0.6) is 0 Å². The highest BCUT2D eigenvalue weighted by atomic mass is 16.6. The van der Waals surface area contributed by atoms with Crippen molar-refractivity contribution in [2.45, 2.75) is 24.4 Å². The molecule has 5 aliphatic rings. The van der Waals surface area contributed by atoms with Crippen molar-refractivity contribution in [3.8, 4) is 0 Å². The molecule has 4 bridgehead atoms. The molecule has 7 rings (SSSR count). The van der Waals surface area contributed by atoms with E-state index in [1.165, 1.54) is 5.56 Å². The maximum Gasteiger partial charge on any atom is 0.269 e. The van der Waals surface area contributed by atoms with E-state index < -0.39 is 0 Å². The van der Waals surface area contributed by atoms with Gasteiger partial charge in [0.25, 0.3) is 5.69 Å². The summed E-state index contributed by atoms with van der Waals surface area (Å²) in [5.74, 6) is 0.487. The van der Waals surface area contributed by atoms with E-state index in [2.05, 4.69) is 32.9 Å². The molecule has 5 heterocycles. The second-order valence-corrected chi connectivity index (χ2v) is 9.60. The maximum atomic E-state index is 13.2. The minimum absolute atomic E-state index is 0.0744. The number of non-ortho nitro benzene ring substituents is 1. The number of carbonyl (C=O) groups is 1. The van der Waals surface area contributed by atoms with Crippen LogP contribution in [0.1, 0.15) is 29.7 Å². The molecule has 4 fully saturated rings. The summed E-state index contributed by atoms with van der Waals surface area (Å²) in [6, 6.07) is 15.3. The quantitative estimate of drug-likeness (QED) is 0.553. The van der Waals surface area contributed by atoms with Gasteiger partial charge in [0.1, 0.15) is 0 Å². The first-order valence-corrected chi connectivity index (χ1v) is 11.1. The topological polar surface area (TPSA) is 69.9 Å². The number of nitro groups is 1. The third kappa shape index (κ3) is 2.63. The van der Waals surface area contributed by atoms with E-state index in [0.29, 0.717) is 5.92 Å². The molecular formula is C24H26N4O3. The number of amides is 1. The predicted molar refractivity (Wildman–Crippen MR) is 116 cm³/mol. The number of carbonyl (C=O) groups excluding carboxylic acids is 1. The van der Waals surface area contributed by atoms with E-state index >= 15 is 0 Å². The lowest BCUT2D eigenvalue weighted by Crippen LogP contribution is -2.73. The molecule has 1 amide bonds. The van der Waals surface area contributed by atoms with Gasteiger partial charge in [-0.3, -0.25) is 14.9 Å². The van der Waals surface area contributed by atoms with Gasteiger partial charge >= 0.3 is 0 Å². The van der Waals surface area contributed by atoms with Crippen LogP contribution in [0, 0.1) is 16.0 Å². The summed E-state index contributed by atoms with van der Waals surface area (Å²) >= 11 is 0. The first kappa shape index (κ1) is 19.0. The first-order chi connectivity index (χ1) is 15.0. The fourth-order valence-corrected chi connectivity index (χ4v) is 6.98. The summed E-state index contributed by atoms with van der Waals surface area (Å²) in [6.07, 6.45) is 0. The number of hydrogen-bond acceptors (Lipinski definition) is 5. The molecule has 160 valence electrons. The van der Waals surface area contributed by atoms with Crippen molar-refractivity contribution in [1.29, 1.82) is 0 Å². The average Bonchev–Trinajstić information content (AvgIpc) is 3.00. The van der Waals surface area contributed by atoms with Crippen molar-refractivity contribution in [3.63, 3.8) is 0 Å². The summed E-state index contributed by atoms with van der Waals surface area (Å²) in [4.78, 5) is 31.3. The van der Waals surface area contributed by atoms with Gasteiger partial charge in [0.05, 0.1) is 17.0 Å². The molecule has 31 heavy (non-hydrogen) atoms. The highest BCUT2D eigenvalue weighted by Crippen LogP contribution is 2.54. The second-order valence-electron chi connectivity index (χ2n) is 9.60. The Labute approximate surface area is 181 Å². The average molecular weight is 418 g/mol. The smallest absolute Gasteiger partial charge is 0.269 e. The standard InChI is InChI=1S/C24H26N4O3/c1-16(29)27-22(17-6-8-19(9-7-17)28(30)31)20-4-2-3-5-21(20)24-14-25-10-11-26(15-24)13-18(12-25)23(24)27/h2-9,18,22-23H,10-15H2,1H3. The van der Waals surface area contributed by atoms with Gasteiger partial charge in [-0.2, -0.15) is 0 Å². The summed E-state index contributed by atoms with van der Waals surface area (Å²) in [5, 5.41) is 11.2. The van der Waals surface area contributed by atoms with E-state index in [1.54, 1.807) is 19.1 Å². The Morgan fingerprint density at radius 1 is 1.03 bits per heavy atom. The van der Waals surface area contributed by atoms with Crippen LogP contribution in [0.3, 0.4) is 0 Å². The van der Waals surface area contributed by atoms with Crippen LogP contribution in [-0.2, 0) is 10.2 Å². The normalized spacial score (nSPS) is 35.3. The van der Waals surface area contributed by atoms with Gasteiger partial charge in [-0.05, 0) is 28.8 Å². The minimum atomic E-state index is -0.374. The van der Waals surface area contributed by atoms with Crippen LogP contribution < -0.4 is 0 Å². The molecule has 2 aromatic carbocycles. The SMILES string of the molecule is CC(=O)N1C(c2ccc([N+](=O)[O-])cc2)c2ccccc2C23CN4CCN(CC(C4)C12)C3. The van der Waals surface area contributed by atoms with Crippen molar-refractivity contribution in [2.24, 2.45) is 5.92 Å². The number of benzene rings is 2. The van der Waals surface area contributed by atoms with Crippen molar-refractivity contribution < 1.29 is 9.72 Å². The molecule has 4 saturated heterocycles. The molecule has 4 atom stereocenters. The Morgan fingerprint density at radius 2 is 1.68 bits per heavy atom. The van der Waals surface area contributed by atoms with E-state index in [1.807, 2.05) is 18.2 Å². The number of piperidine rings is 2. The fourth-order valence-electron chi connectivity index (χ4n) is 6.98. The molecular weight excluding hydrogens is 392 g/mol. The Bertz CT molecular complexity index is 1050. The van der Waals surface area contributed by atoms with Gasteiger partial charge in [0.15, 0.2) is 0 Å². The molecule has 2 aromatic rings. The van der Waals surface area contributed by atoms with Crippen molar-refractivity contribution in [3.05, 3.63) is 75.3 Å². The van der Waals surface area contributed by atoms with Crippen LogP contribution in [-0.4, -0.2) is 70.8 Å². The first-order valence-electron chi connectivity index (χ1n) is 11.1. The van der Waals surface area contributed by atoms with E-state index in [-0.39, 0.29) is 34.0 Å². The molecule has 7 nitrogen and oxygen atoms in total. The highest BCUT2D eigenvalue weighted by molar-refractivity contribution is 5.76. The lowest BCUT2D eigenvalue weighted by molar-refractivity contribution is -0.384. The van der Waals surface area contributed by atoms with Gasteiger partial charge in [0.2, 0.25) is 5.91 Å². The summed E-state index contributed by atoms with van der Waals surface area (Å²) in [7, 11) is 0. The van der Waals surface area contributed by atoms with Crippen molar-refractivity contribution in [1.82, 2.24) is 14.7 Å². The zero-order valence-corrected chi connectivity index (χ0v) is 17.6. The van der Waals surface area contributed by atoms with E-state index in [4.69, 9.17) is 0 Å². The molecule has 0 N–H and O–H groups in total. The van der Waals surface area contributed by atoms with Crippen LogP contribution >= 0.6 is 0 Å². The van der Waals surface area contributed by atoms with Crippen LogP contribution in [0.15, 0.2) is 48.5 Å². The minimum Gasteiger partial charge on any atom is -0.327 e. The molecule has 1 spiro atoms. The van der Waals surface area contributed by atoms with Crippen molar-refractivity contribution in [2.75, 3.05) is 39.3 Å². The van der Waals surface area contributed by atoms with Gasteiger partial charge in [-0.25, -0.2) is 0 Å². The van der Waals surface area contributed by atoms with Crippen LogP contribution in [0.4, 0.5) is 5.69 Å². The summed E-state index contributed by atoms with van der Waals surface area (Å²) < 4.78 is 0. The second kappa shape index (κ2) is 6.61. The summed E-state index contributed by atoms with van der Waals surface area (Å²) in [5.41, 5.74) is 3.44. The zero-order chi connectivity index (χ0) is 21.3. The molecule has 7 heteroatoms. The monoisotopic (exact) mass is 418 g/mol. The molecule has 0 radical (unpaired) electrons. The van der Waals surface area contributed by atoms with Crippen molar-refractivity contribution >= 4 is 11.6 Å². The predicted octanol–water partition coefficient (Wildman–Crippen LogP) is 2.41. The maximum absolute atomic E-state index is 13.2. The van der Waals surface area contributed by atoms with Crippen LogP contribution in [0.2, 0.25) is 0 Å². The van der Waals surface area contributed by atoms with E-state index in [9.17, 15) is 14.9 Å². The largest absolute Gasteiger partial charge is 0.327 e. The Kier molecular flexibility index (Phi) is 4.04. The molecule has 0 saturated carbocycles. The van der Waals surface area contributed by atoms with Gasteiger partial charge < -0.3 is 14.7 Å². The van der Waals surface area contributed by atoms with Gasteiger partial charge in [-0.1, -0.05) is 24.3 Å². The molecule has 5 aliphatic heterocycles. The fraction of sp³-hybridized carbons (Fsp3) is 0.458. The Hall–Kier alpha value is -2.77. The number of hydrogen-bond donors (Lipinski definition) is 0. The molecule has 0 aliphatic carbocycles. The number of fused-ring (bicyclic) bond motifs is 2. The molecule has 0 aromatic heterocycles. The number of nitrogens with zero attached hydrogens (tertiary/aromatic N) is 4.